The second-order valence-electron chi connectivity index (χ2n) is 10.9. The third-order valence-electron chi connectivity index (χ3n) is 7.37. The van der Waals surface area contributed by atoms with Gasteiger partial charge in [0.05, 0.1) is 10.0 Å². The van der Waals surface area contributed by atoms with Crippen LogP contribution in [0.15, 0.2) is 97.1 Å². The standard InChI is InChI=1S/2C18H13ClFNO3S/c2*19-15-12-7-6-11(20)9-14(12)25-16(15)17(22)21-13(18(23)24)8-10-4-2-1-3-5-10/h2*1-7,9,13H,8H2,(H,21,22)(H,23,24)/t2*13-/m11/s1. The lowest BCUT2D eigenvalue weighted by molar-refractivity contribution is -0.140. The Balaban J connectivity index is 0.000000194. The van der Waals surface area contributed by atoms with E-state index in [4.69, 9.17) is 23.2 Å². The molecule has 8 nitrogen and oxygen atoms in total. The van der Waals surface area contributed by atoms with Gasteiger partial charge in [0.1, 0.15) is 33.5 Å². The molecular weight excluding hydrogens is 729 g/mol. The van der Waals surface area contributed by atoms with Crippen molar-refractivity contribution in [1.29, 1.82) is 0 Å². The van der Waals surface area contributed by atoms with E-state index in [-0.39, 0.29) is 32.6 Å². The van der Waals surface area contributed by atoms with Gasteiger partial charge < -0.3 is 20.8 Å². The Bertz CT molecular complexity index is 2040. The number of thiophene rings is 2. The van der Waals surface area contributed by atoms with Gasteiger partial charge in [-0.3, -0.25) is 9.59 Å². The summed E-state index contributed by atoms with van der Waals surface area (Å²) in [6, 6.07) is 23.9. The lowest BCUT2D eigenvalue weighted by atomic mass is 10.1. The van der Waals surface area contributed by atoms with Gasteiger partial charge in [0, 0.05) is 33.0 Å². The summed E-state index contributed by atoms with van der Waals surface area (Å²) in [6.45, 7) is 0. The highest BCUT2D eigenvalue weighted by Crippen LogP contribution is 2.37. The lowest BCUT2D eigenvalue weighted by Crippen LogP contribution is -2.42. The number of carboxylic acids is 2. The molecular formula is C36H26Cl2F2N2O6S2. The zero-order valence-corrected chi connectivity index (χ0v) is 28.8. The second-order valence-corrected chi connectivity index (χ2v) is 13.7. The van der Waals surface area contributed by atoms with Crippen LogP contribution < -0.4 is 10.6 Å². The van der Waals surface area contributed by atoms with E-state index >= 15 is 0 Å². The van der Waals surface area contributed by atoms with Crippen molar-refractivity contribution in [1.82, 2.24) is 10.6 Å². The Morgan fingerprint density at radius 2 is 0.960 bits per heavy atom. The van der Waals surface area contributed by atoms with Gasteiger partial charge in [-0.25, -0.2) is 18.4 Å². The van der Waals surface area contributed by atoms with Crippen LogP contribution in [0.4, 0.5) is 8.78 Å². The van der Waals surface area contributed by atoms with Crippen molar-refractivity contribution >= 4 is 89.8 Å². The van der Waals surface area contributed by atoms with Crippen LogP contribution in [0.2, 0.25) is 10.0 Å². The quantitative estimate of drug-likeness (QED) is 0.111. The minimum absolute atomic E-state index is 0.152. The van der Waals surface area contributed by atoms with Crippen LogP contribution in [0.5, 0.6) is 0 Å². The summed E-state index contributed by atoms with van der Waals surface area (Å²) < 4.78 is 27.7. The molecule has 0 saturated heterocycles. The molecule has 0 aliphatic rings. The molecule has 0 spiro atoms. The number of amides is 2. The number of carbonyl (C=O) groups is 4. The molecule has 0 radical (unpaired) electrons. The van der Waals surface area contributed by atoms with Crippen molar-refractivity contribution in [3.05, 3.63) is 140 Å². The Morgan fingerprint density at radius 1 is 0.600 bits per heavy atom. The first kappa shape index (κ1) is 36.4. The van der Waals surface area contributed by atoms with Gasteiger partial charge in [0.2, 0.25) is 0 Å². The van der Waals surface area contributed by atoms with E-state index in [9.17, 15) is 38.2 Å². The highest BCUT2D eigenvalue weighted by Gasteiger charge is 2.26. The van der Waals surface area contributed by atoms with Crippen molar-refractivity contribution in [2.24, 2.45) is 0 Å². The van der Waals surface area contributed by atoms with Crippen LogP contribution in [0.25, 0.3) is 20.2 Å². The zero-order chi connectivity index (χ0) is 35.9. The van der Waals surface area contributed by atoms with Crippen LogP contribution in [0.3, 0.4) is 0 Å². The topological polar surface area (TPSA) is 133 Å². The predicted octanol–water partition coefficient (Wildman–Crippen LogP) is 8.24. The Hall–Kier alpha value is -4.88. The average molecular weight is 756 g/mol. The molecule has 0 saturated carbocycles. The fourth-order valence-electron chi connectivity index (χ4n) is 4.92. The monoisotopic (exact) mass is 754 g/mol. The van der Waals surface area contributed by atoms with Gasteiger partial charge in [-0.15, -0.1) is 22.7 Å². The Labute approximate surface area is 301 Å². The minimum Gasteiger partial charge on any atom is -0.480 e. The molecule has 6 rings (SSSR count). The van der Waals surface area contributed by atoms with Crippen molar-refractivity contribution < 1.29 is 38.2 Å². The van der Waals surface area contributed by atoms with Crippen molar-refractivity contribution in [3.8, 4) is 0 Å². The molecule has 2 atom stereocenters. The van der Waals surface area contributed by atoms with E-state index in [1.165, 1.54) is 36.4 Å². The van der Waals surface area contributed by atoms with Gasteiger partial charge in [-0.2, -0.15) is 0 Å². The van der Waals surface area contributed by atoms with Crippen LogP contribution in [-0.4, -0.2) is 46.0 Å². The molecule has 2 aromatic heterocycles. The lowest BCUT2D eigenvalue weighted by Gasteiger charge is -2.14. The fraction of sp³-hybridized carbons (Fsp3) is 0.111. The van der Waals surface area contributed by atoms with E-state index < -0.39 is 47.5 Å². The van der Waals surface area contributed by atoms with Crippen molar-refractivity contribution in [2.45, 2.75) is 24.9 Å². The van der Waals surface area contributed by atoms with Gasteiger partial charge in [0.15, 0.2) is 0 Å². The van der Waals surface area contributed by atoms with Crippen molar-refractivity contribution in [3.63, 3.8) is 0 Å². The number of fused-ring (bicyclic) bond motifs is 2. The van der Waals surface area contributed by atoms with E-state index in [2.05, 4.69) is 10.6 Å². The molecule has 0 bridgehead atoms. The molecule has 4 N–H and O–H groups in total. The summed E-state index contributed by atoms with van der Waals surface area (Å²) in [7, 11) is 0. The molecule has 50 heavy (non-hydrogen) atoms. The highest BCUT2D eigenvalue weighted by atomic mass is 35.5. The molecule has 2 amide bonds. The SMILES string of the molecule is O=C(N[C@H](Cc1ccccc1)C(=O)O)c1sc2cc(F)ccc2c1Cl.O=C(N[C@H](Cc1ccccc1)C(=O)O)c1sc2cc(F)ccc2c1Cl. The first-order valence-electron chi connectivity index (χ1n) is 14.8. The largest absolute Gasteiger partial charge is 0.480 e. The molecule has 0 aliphatic heterocycles. The molecule has 2 heterocycles. The smallest absolute Gasteiger partial charge is 0.326 e. The summed E-state index contributed by atoms with van der Waals surface area (Å²) in [5.74, 6) is -4.31. The van der Waals surface area contributed by atoms with Crippen LogP contribution >= 0.6 is 45.9 Å². The average Bonchev–Trinajstić information content (AvgIpc) is 3.60. The van der Waals surface area contributed by atoms with Crippen molar-refractivity contribution in [2.75, 3.05) is 0 Å². The normalized spacial score (nSPS) is 12.1. The summed E-state index contributed by atoms with van der Waals surface area (Å²) in [5.41, 5.74) is 1.58. The number of rotatable bonds is 10. The number of carboxylic acid groups (broad SMARTS) is 2. The van der Waals surface area contributed by atoms with Crippen LogP contribution in [0, 0.1) is 11.6 Å². The van der Waals surface area contributed by atoms with E-state index in [0.717, 1.165) is 33.8 Å². The molecule has 6 aromatic rings. The molecule has 4 aromatic carbocycles. The maximum absolute atomic E-state index is 13.3. The number of halogens is 4. The number of hydrogen-bond donors (Lipinski definition) is 4. The fourth-order valence-corrected chi connectivity index (χ4v) is 7.81. The van der Waals surface area contributed by atoms with E-state index in [1.54, 1.807) is 48.5 Å². The number of carbonyl (C=O) groups excluding carboxylic acids is 2. The minimum atomic E-state index is -1.14. The Morgan fingerprint density at radius 3 is 1.30 bits per heavy atom. The molecule has 0 unspecified atom stereocenters. The number of nitrogens with one attached hydrogen (secondary N) is 2. The number of hydrogen-bond acceptors (Lipinski definition) is 6. The predicted molar refractivity (Wildman–Crippen MR) is 192 cm³/mol. The van der Waals surface area contributed by atoms with Gasteiger partial charge >= 0.3 is 11.9 Å². The zero-order valence-electron chi connectivity index (χ0n) is 25.7. The van der Waals surface area contributed by atoms with E-state index in [1.807, 2.05) is 12.1 Å². The summed E-state index contributed by atoms with van der Waals surface area (Å²) >= 11 is 14.5. The summed E-state index contributed by atoms with van der Waals surface area (Å²) in [4.78, 5) is 48.3. The summed E-state index contributed by atoms with van der Waals surface area (Å²) in [5, 5.41) is 25.3. The Kier molecular flexibility index (Phi) is 11.8. The first-order valence-corrected chi connectivity index (χ1v) is 17.2. The van der Waals surface area contributed by atoms with Gasteiger partial charge in [0.25, 0.3) is 11.8 Å². The first-order chi connectivity index (χ1) is 23.9. The van der Waals surface area contributed by atoms with Gasteiger partial charge in [-0.1, -0.05) is 83.9 Å². The second kappa shape index (κ2) is 16.2. The summed E-state index contributed by atoms with van der Waals surface area (Å²) in [6.07, 6.45) is 0.304. The number of benzene rings is 4. The maximum Gasteiger partial charge on any atom is 0.326 e. The molecule has 0 aliphatic carbocycles. The van der Waals surface area contributed by atoms with Gasteiger partial charge in [-0.05, 0) is 47.5 Å². The molecule has 256 valence electrons. The molecule has 14 heteroatoms. The molecule has 0 fully saturated rings. The number of aliphatic carboxylic acids is 2. The third-order valence-corrected chi connectivity index (χ3v) is 10.7. The van der Waals surface area contributed by atoms with E-state index in [0.29, 0.717) is 20.2 Å². The maximum atomic E-state index is 13.3. The van der Waals surface area contributed by atoms with Crippen LogP contribution in [-0.2, 0) is 22.4 Å². The van der Waals surface area contributed by atoms with Crippen LogP contribution in [0.1, 0.15) is 30.5 Å². The highest BCUT2D eigenvalue weighted by molar-refractivity contribution is 7.22. The third kappa shape index (κ3) is 8.82.